The zero-order valence-electron chi connectivity index (χ0n) is 18.3. The van der Waals surface area contributed by atoms with Gasteiger partial charge in [-0.3, -0.25) is 18.7 Å². The number of benzene rings is 2. The van der Waals surface area contributed by atoms with E-state index in [1.165, 1.54) is 7.05 Å². The molecular weight excluding hydrogens is 416 g/mol. The smallest absolute Gasteiger partial charge is 0.332 e. The molecule has 0 bridgehead atoms. The summed E-state index contributed by atoms with van der Waals surface area (Å²) in [4.78, 5) is 45.2. The van der Waals surface area contributed by atoms with Crippen molar-refractivity contribution in [2.75, 3.05) is 13.1 Å². The summed E-state index contributed by atoms with van der Waals surface area (Å²) in [5, 5.41) is 0.409. The van der Waals surface area contributed by atoms with Crippen LogP contribution in [0.15, 0.2) is 82.4 Å². The van der Waals surface area contributed by atoms with E-state index in [1.807, 2.05) is 71.6 Å². The van der Waals surface area contributed by atoms with Crippen LogP contribution in [-0.4, -0.2) is 38.0 Å². The van der Waals surface area contributed by atoms with Gasteiger partial charge < -0.3 is 4.90 Å². The van der Waals surface area contributed by atoms with Gasteiger partial charge in [-0.05, 0) is 36.2 Å². The van der Waals surface area contributed by atoms with E-state index in [9.17, 15) is 14.4 Å². The van der Waals surface area contributed by atoms with Crippen LogP contribution < -0.4 is 11.2 Å². The monoisotopic (exact) mass is 440 g/mol. The molecule has 0 saturated carbocycles. The molecular formula is C26H24N4O3. The van der Waals surface area contributed by atoms with Gasteiger partial charge in [0.25, 0.3) is 11.5 Å². The molecule has 1 amide bonds. The molecule has 1 atom stereocenters. The molecule has 2 aromatic carbocycles. The third-order valence-corrected chi connectivity index (χ3v) is 6.30. The number of pyridine rings is 1. The van der Waals surface area contributed by atoms with Crippen LogP contribution in [0.2, 0.25) is 0 Å². The van der Waals surface area contributed by atoms with Crippen molar-refractivity contribution in [3.8, 4) is 0 Å². The number of amides is 1. The third-order valence-electron chi connectivity index (χ3n) is 6.30. The maximum atomic E-state index is 13.0. The first-order valence-electron chi connectivity index (χ1n) is 11.0. The molecule has 33 heavy (non-hydrogen) atoms. The van der Waals surface area contributed by atoms with E-state index < -0.39 is 5.69 Å². The summed E-state index contributed by atoms with van der Waals surface area (Å²) in [6.07, 6.45) is 0.783. The molecule has 1 unspecified atom stereocenters. The minimum atomic E-state index is -0.395. The number of aromatic nitrogens is 3. The SMILES string of the molecule is Cn1c(=O)c2ccc(C3CCN(C(=O)c4ccccc4)C3)nc2n(Cc2ccccc2)c1=O. The Morgan fingerprint density at radius 2 is 1.67 bits per heavy atom. The Hall–Kier alpha value is -4.00. The fourth-order valence-electron chi connectivity index (χ4n) is 4.46. The lowest BCUT2D eigenvalue weighted by molar-refractivity contribution is 0.0790. The van der Waals surface area contributed by atoms with Crippen LogP contribution in [0.25, 0.3) is 11.0 Å². The standard InChI is InChI=1S/C26H24N4O3/c1-28-25(32)21-12-13-22(20-14-15-29(17-20)24(31)19-10-6-3-7-11-19)27-23(21)30(26(28)33)16-18-8-4-2-5-9-18/h2-13,20H,14-17H2,1H3. The molecule has 1 aliphatic heterocycles. The molecule has 1 fully saturated rings. The van der Waals surface area contributed by atoms with Crippen molar-refractivity contribution in [1.82, 2.24) is 19.0 Å². The van der Waals surface area contributed by atoms with Gasteiger partial charge in [0.2, 0.25) is 0 Å². The lowest BCUT2D eigenvalue weighted by atomic mass is 10.0. The van der Waals surface area contributed by atoms with Crippen molar-refractivity contribution in [3.05, 3.63) is 110 Å². The topological polar surface area (TPSA) is 77.2 Å². The number of hydrogen-bond acceptors (Lipinski definition) is 4. The highest BCUT2D eigenvalue weighted by atomic mass is 16.2. The van der Waals surface area contributed by atoms with E-state index in [-0.39, 0.29) is 17.4 Å². The predicted octanol–water partition coefficient (Wildman–Crippen LogP) is 2.77. The number of rotatable bonds is 4. The molecule has 5 rings (SSSR count). The van der Waals surface area contributed by atoms with Crippen molar-refractivity contribution in [2.24, 2.45) is 7.05 Å². The van der Waals surface area contributed by atoms with Crippen LogP contribution in [0.5, 0.6) is 0 Å². The third kappa shape index (κ3) is 3.86. The van der Waals surface area contributed by atoms with Crippen molar-refractivity contribution in [3.63, 3.8) is 0 Å². The van der Waals surface area contributed by atoms with Crippen molar-refractivity contribution < 1.29 is 4.79 Å². The maximum Gasteiger partial charge on any atom is 0.332 e. The zero-order valence-corrected chi connectivity index (χ0v) is 18.3. The van der Waals surface area contributed by atoms with Gasteiger partial charge in [0.05, 0.1) is 11.9 Å². The van der Waals surface area contributed by atoms with Crippen LogP contribution in [0.1, 0.15) is 34.0 Å². The van der Waals surface area contributed by atoms with Gasteiger partial charge in [-0.1, -0.05) is 48.5 Å². The molecule has 1 saturated heterocycles. The first-order chi connectivity index (χ1) is 16.0. The summed E-state index contributed by atoms with van der Waals surface area (Å²) in [5.41, 5.74) is 2.05. The highest BCUT2D eigenvalue weighted by Crippen LogP contribution is 2.28. The van der Waals surface area contributed by atoms with E-state index in [0.717, 1.165) is 22.2 Å². The number of hydrogen-bond donors (Lipinski definition) is 0. The van der Waals surface area contributed by atoms with Gasteiger partial charge in [-0.2, -0.15) is 0 Å². The summed E-state index contributed by atoms with van der Waals surface area (Å²) in [7, 11) is 1.49. The van der Waals surface area contributed by atoms with Gasteiger partial charge in [0.1, 0.15) is 5.65 Å². The Bertz CT molecular complexity index is 1440. The Morgan fingerprint density at radius 1 is 0.970 bits per heavy atom. The Balaban J connectivity index is 1.51. The Kier molecular flexibility index (Phi) is 5.38. The normalized spacial score (nSPS) is 15.8. The van der Waals surface area contributed by atoms with Crippen LogP contribution in [0.3, 0.4) is 0 Å². The fourth-order valence-corrected chi connectivity index (χ4v) is 4.46. The number of nitrogens with zero attached hydrogens (tertiary/aromatic N) is 4. The number of carbonyl (C=O) groups excluding carboxylic acids is 1. The van der Waals surface area contributed by atoms with Crippen LogP contribution >= 0.6 is 0 Å². The van der Waals surface area contributed by atoms with Crippen LogP contribution in [-0.2, 0) is 13.6 Å². The first-order valence-corrected chi connectivity index (χ1v) is 11.0. The highest BCUT2D eigenvalue weighted by molar-refractivity contribution is 5.94. The summed E-state index contributed by atoms with van der Waals surface area (Å²) in [5.74, 6) is 0.0557. The maximum absolute atomic E-state index is 13.0. The van der Waals surface area contributed by atoms with Crippen molar-refractivity contribution in [1.29, 1.82) is 0 Å². The zero-order chi connectivity index (χ0) is 22.9. The lowest BCUT2D eigenvalue weighted by Gasteiger charge is -2.17. The van der Waals surface area contributed by atoms with E-state index in [2.05, 4.69) is 0 Å². The van der Waals surface area contributed by atoms with Crippen molar-refractivity contribution in [2.45, 2.75) is 18.9 Å². The number of fused-ring (bicyclic) bond motifs is 1. The largest absolute Gasteiger partial charge is 0.338 e. The Labute approximate surface area is 190 Å². The van der Waals surface area contributed by atoms with Crippen molar-refractivity contribution >= 4 is 16.9 Å². The molecule has 1 aliphatic rings. The van der Waals surface area contributed by atoms with E-state index >= 15 is 0 Å². The molecule has 7 heteroatoms. The lowest BCUT2D eigenvalue weighted by Crippen LogP contribution is -2.38. The highest BCUT2D eigenvalue weighted by Gasteiger charge is 2.29. The molecule has 4 aromatic rings. The molecule has 3 heterocycles. The second kappa shape index (κ2) is 8.50. The van der Waals surface area contributed by atoms with E-state index in [4.69, 9.17) is 4.98 Å². The second-order valence-corrected chi connectivity index (χ2v) is 8.43. The van der Waals surface area contributed by atoms with Crippen LogP contribution in [0.4, 0.5) is 0 Å². The summed E-state index contributed by atoms with van der Waals surface area (Å²) >= 11 is 0. The van der Waals surface area contributed by atoms with Gasteiger partial charge >= 0.3 is 5.69 Å². The summed E-state index contributed by atoms with van der Waals surface area (Å²) < 4.78 is 2.68. The van der Waals surface area contributed by atoms with Gasteiger partial charge in [0.15, 0.2) is 0 Å². The predicted molar refractivity (Wildman–Crippen MR) is 126 cm³/mol. The molecule has 2 aromatic heterocycles. The minimum absolute atomic E-state index is 0.00810. The molecule has 0 radical (unpaired) electrons. The fraction of sp³-hybridized carbons (Fsp3) is 0.231. The Morgan fingerprint density at radius 3 is 2.39 bits per heavy atom. The average molecular weight is 441 g/mol. The molecule has 0 aliphatic carbocycles. The molecule has 0 N–H and O–H groups in total. The van der Waals surface area contributed by atoms with Gasteiger partial charge in [0, 0.05) is 37.3 Å². The van der Waals surface area contributed by atoms with E-state index in [0.29, 0.717) is 36.2 Å². The van der Waals surface area contributed by atoms with Gasteiger partial charge in [-0.25, -0.2) is 9.78 Å². The van der Waals surface area contributed by atoms with E-state index in [1.54, 1.807) is 10.6 Å². The second-order valence-electron chi connectivity index (χ2n) is 8.43. The first kappa shape index (κ1) is 20.9. The molecule has 166 valence electrons. The molecule has 7 nitrogen and oxygen atoms in total. The van der Waals surface area contributed by atoms with Gasteiger partial charge in [-0.15, -0.1) is 0 Å². The number of likely N-dealkylation sites (tertiary alicyclic amines) is 1. The quantitative estimate of drug-likeness (QED) is 0.489. The summed E-state index contributed by atoms with van der Waals surface area (Å²) in [6.45, 7) is 1.52. The molecule has 0 spiro atoms. The summed E-state index contributed by atoms with van der Waals surface area (Å²) in [6, 6.07) is 22.5. The number of carbonyl (C=O) groups is 1. The minimum Gasteiger partial charge on any atom is -0.338 e. The average Bonchev–Trinajstić information content (AvgIpc) is 3.36. The van der Waals surface area contributed by atoms with Crippen LogP contribution in [0, 0.1) is 0 Å².